The maximum atomic E-state index is 11.3. The van der Waals surface area contributed by atoms with E-state index in [2.05, 4.69) is 20.3 Å². The van der Waals surface area contributed by atoms with Gasteiger partial charge in [0.05, 0.1) is 0 Å². The van der Waals surface area contributed by atoms with Crippen molar-refractivity contribution < 1.29 is 9.53 Å². The number of carbonyl (C=O) groups excluding carboxylic acids is 1. The van der Waals surface area contributed by atoms with Gasteiger partial charge in [0.25, 0.3) is 0 Å². The maximum absolute atomic E-state index is 11.3. The van der Waals surface area contributed by atoms with Crippen molar-refractivity contribution in [2.45, 2.75) is 20.5 Å². The maximum Gasteiger partial charge on any atom is 0.330 e. The Morgan fingerprint density at radius 1 is 1.32 bits per heavy atom. The van der Waals surface area contributed by atoms with Gasteiger partial charge < -0.3 is 15.8 Å². The van der Waals surface area contributed by atoms with Gasteiger partial charge in [0.1, 0.15) is 0 Å². The molecule has 0 bridgehead atoms. The number of carbonyl (C=O) groups is 1. The number of aryl methyl sites for hydroxylation is 1. The summed E-state index contributed by atoms with van der Waals surface area (Å²) in [6.45, 7) is 3.62. The standard InChI is InChI=1S/C15H17N5O2/c1-3-6-13(21)22-9-12-18-14(16)20-15(19-12)17-11-8-5-4-7-10(11)2/h3-8H,9H2,1-2H3,(H3,16,17,18,19,20)/b6-3+. The molecule has 22 heavy (non-hydrogen) atoms. The number of benzene rings is 1. The molecule has 2 aromatic rings. The Morgan fingerprint density at radius 2 is 2.09 bits per heavy atom. The quantitative estimate of drug-likeness (QED) is 0.643. The molecule has 7 nitrogen and oxygen atoms in total. The van der Waals surface area contributed by atoms with E-state index in [0.717, 1.165) is 11.3 Å². The van der Waals surface area contributed by atoms with E-state index in [1.807, 2.05) is 31.2 Å². The molecule has 0 atom stereocenters. The molecule has 0 radical (unpaired) electrons. The number of hydrogen-bond donors (Lipinski definition) is 2. The van der Waals surface area contributed by atoms with Gasteiger partial charge in [0.2, 0.25) is 11.9 Å². The van der Waals surface area contributed by atoms with Crippen LogP contribution in [0, 0.1) is 6.92 Å². The Bertz CT molecular complexity index is 700. The first-order valence-electron chi connectivity index (χ1n) is 6.71. The Labute approximate surface area is 128 Å². The van der Waals surface area contributed by atoms with Gasteiger partial charge in [-0.2, -0.15) is 15.0 Å². The van der Waals surface area contributed by atoms with Crippen LogP contribution in [0.3, 0.4) is 0 Å². The van der Waals surface area contributed by atoms with Crippen LogP contribution in [-0.4, -0.2) is 20.9 Å². The molecule has 0 saturated heterocycles. The van der Waals surface area contributed by atoms with E-state index in [0.29, 0.717) is 5.95 Å². The van der Waals surface area contributed by atoms with Crippen molar-refractivity contribution in [3.8, 4) is 0 Å². The number of para-hydroxylation sites is 1. The number of nitrogens with one attached hydrogen (secondary N) is 1. The first kappa shape index (κ1) is 15.4. The fourth-order valence-corrected chi connectivity index (χ4v) is 1.71. The van der Waals surface area contributed by atoms with Crippen LogP contribution < -0.4 is 11.1 Å². The second-order valence-corrected chi connectivity index (χ2v) is 4.48. The molecular formula is C15H17N5O2. The predicted molar refractivity (Wildman–Crippen MR) is 83.3 cm³/mol. The minimum Gasteiger partial charge on any atom is -0.454 e. The topological polar surface area (TPSA) is 103 Å². The SMILES string of the molecule is C/C=C/C(=O)OCc1nc(N)nc(Nc2ccccc2C)n1. The zero-order valence-corrected chi connectivity index (χ0v) is 12.4. The third kappa shape index (κ3) is 4.27. The highest BCUT2D eigenvalue weighted by molar-refractivity contribution is 5.81. The molecule has 0 fully saturated rings. The van der Waals surface area contributed by atoms with Crippen LogP contribution >= 0.6 is 0 Å². The smallest absolute Gasteiger partial charge is 0.330 e. The summed E-state index contributed by atoms with van der Waals surface area (Å²) in [5, 5.41) is 3.07. The number of ether oxygens (including phenoxy) is 1. The second kappa shape index (κ2) is 7.16. The number of nitrogens with zero attached hydrogens (tertiary/aromatic N) is 3. The molecule has 0 unspecified atom stereocenters. The molecule has 1 aromatic heterocycles. The van der Waals surface area contributed by atoms with Gasteiger partial charge in [-0.15, -0.1) is 0 Å². The molecule has 1 heterocycles. The summed E-state index contributed by atoms with van der Waals surface area (Å²) in [7, 11) is 0. The van der Waals surface area contributed by atoms with Crippen molar-refractivity contribution in [1.29, 1.82) is 0 Å². The number of allylic oxidation sites excluding steroid dienone is 1. The van der Waals surface area contributed by atoms with Crippen LogP contribution in [0.25, 0.3) is 0 Å². The minimum absolute atomic E-state index is 0.0585. The van der Waals surface area contributed by atoms with Gasteiger partial charge in [-0.25, -0.2) is 4.79 Å². The molecule has 114 valence electrons. The zero-order chi connectivity index (χ0) is 15.9. The van der Waals surface area contributed by atoms with Crippen LogP contribution in [0.5, 0.6) is 0 Å². The van der Waals surface area contributed by atoms with Crippen LogP contribution in [-0.2, 0) is 16.1 Å². The van der Waals surface area contributed by atoms with Gasteiger partial charge >= 0.3 is 5.97 Å². The summed E-state index contributed by atoms with van der Waals surface area (Å²) in [4.78, 5) is 23.5. The molecule has 2 rings (SSSR count). The average Bonchev–Trinajstić information content (AvgIpc) is 2.47. The third-order valence-corrected chi connectivity index (χ3v) is 2.74. The zero-order valence-electron chi connectivity index (χ0n) is 12.4. The van der Waals surface area contributed by atoms with E-state index in [9.17, 15) is 4.79 Å². The normalized spacial score (nSPS) is 10.6. The summed E-state index contributed by atoms with van der Waals surface area (Å²) in [6.07, 6.45) is 2.91. The van der Waals surface area contributed by atoms with Gasteiger partial charge in [-0.1, -0.05) is 24.3 Å². The van der Waals surface area contributed by atoms with Gasteiger partial charge in [0.15, 0.2) is 12.4 Å². The molecule has 0 amide bonds. The summed E-state index contributed by atoms with van der Waals surface area (Å²) in [5.41, 5.74) is 7.57. The number of anilines is 3. The number of hydrogen-bond acceptors (Lipinski definition) is 7. The van der Waals surface area contributed by atoms with Crippen molar-refractivity contribution in [1.82, 2.24) is 15.0 Å². The lowest BCUT2D eigenvalue weighted by molar-refractivity contribution is -0.139. The van der Waals surface area contributed by atoms with Crippen molar-refractivity contribution in [2.24, 2.45) is 0 Å². The van der Waals surface area contributed by atoms with Crippen LogP contribution in [0.1, 0.15) is 18.3 Å². The van der Waals surface area contributed by atoms with E-state index in [1.165, 1.54) is 6.08 Å². The lowest BCUT2D eigenvalue weighted by atomic mass is 10.2. The van der Waals surface area contributed by atoms with Crippen molar-refractivity contribution in [3.05, 3.63) is 47.8 Å². The predicted octanol–water partition coefficient (Wildman–Crippen LogP) is 2.13. The molecule has 0 spiro atoms. The van der Waals surface area contributed by atoms with E-state index in [4.69, 9.17) is 10.5 Å². The lowest BCUT2D eigenvalue weighted by Gasteiger charge is -2.09. The highest BCUT2D eigenvalue weighted by Gasteiger charge is 2.08. The fraction of sp³-hybridized carbons (Fsp3) is 0.200. The van der Waals surface area contributed by atoms with Crippen molar-refractivity contribution in [3.63, 3.8) is 0 Å². The highest BCUT2D eigenvalue weighted by atomic mass is 16.5. The van der Waals surface area contributed by atoms with Crippen LogP contribution in [0.15, 0.2) is 36.4 Å². The first-order chi connectivity index (χ1) is 10.6. The average molecular weight is 299 g/mol. The molecule has 7 heteroatoms. The summed E-state index contributed by atoms with van der Waals surface area (Å²) in [6, 6.07) is 7.71. The molecule has 0 aliphatic rings. The van der Waals surface area contributed by atoms with Gasteiger partial charge in [-0.05, 0) is 25.5 Å². The molecule has 0 aliphatic carbocycles. The largest absolute Gasteiger partial charge is 0.454 e. The van der Waals surface area contributed by atoms with E-state index >= 15 is 0 Å². The third-order valence-electron chi connectivity index (χ3n) is 2.74. The molecule has 0 aliphatic heterocycles. The summed E-state index contributed by atoms with van der Waals surface area (Å²) >= 11 is 0. The number of aromatic nitrogens is 3. The Balaban J connectivity index is 2.13. The number of nitrogens with two attached hydrogens (primary N) is 1. The molecular weight excluding hydrogens is 282 g/mol. The molecule has 3 N–H and O–H groups in total. The molecule has 0 saturated carbocycles. The fourth-order valence-electron chi connectivity index (χ4n) is 1.71. The number of esters is 1. The van der Waals surface area contributed by atoms with Crippen LogP contribution in [0.4, 0.5) is 17.6 Å². The van der Waals surface area contributed by atoms with E-state index in [-0.39, 0.29) is 18.4 Å². The Hall–Kier alpha value is -2.96. The van der Waals surface area contributed by atoms with E-state index in [1.54, 1.807) is 13.0 Å². The Morgan fingerprint density at radius 3 is 2.82 bits per heavy atom. The lowest BCUT2D eigenvalue weighted by Crippen LogP contribution is -2.10. The highest BCUT2D eigenvalue weighted by Crippen LogP contribution is 2.17. The van der Waals surface area contributed by atoms with Crippen molar-refractivity contribution >= 4 is 23.6 Å². The number of nitrogen functional groups attached to an aromatic ring is 1. The second-order valence-electron chi connectivity index (χ2n) is 4.48. The van der Waals surface area contributed by atoms with Crippen molar-refractivity contribution in [2.75, 3.05) is 11.1 Å². The number of rotatable bonds is 5. The van der Waals surface area contributed by atoms with Gasteiger partial charge in [0, 0.05) is 11.8 Å². The van der Waals surface area contributed by atoms with E-state index < -0.39 is 5.97 Å². The first-order valence-corrected chi connectivity index (χ1v) is 6.71. The monoisotopic (exact) mass is 299 g/mol. The minimum atomic E-state index is -0.463. The summed E-state index contributed by atoms with van der Waals surface area (Å²) < 4.78 is 4.99. The molecule has 1 aromatic carbocycles. The van der Waals surface area contributed by atoms with Gasteiger partial charge in [-0.3, -0.25) is 0 Å². The van der Waals surface area contributed by atoms with Crippen LogP contribution in [0.2, 0.25) is 0 Å². The summed E-state index contributed by atoms with van der Waals surface area (Å²) in [5.74, 6) is 0.179. The Kier molecular flexibility index (Phi) is 5.02.